The van der Waals surface area contributed by atoms with Crippen LogP contribution in [0.5, 0.6) is 0 Å². The normalized spacial score (nSPS) is 21.3. The van der Waals surface area contributed by atoms with Crippen molar-refractivity contribution in [3.63, 3.8) is 0 Å². The number of ketones is 1. The third kappa shape index (κ3) is 5.39. The van der Waals surface area contributed by atoms with E-state index in [9.17, 15) is 26.6 Å². The molecule has 0 radical (unpaired) electrons. The van der Waals surface area contributed by atoms with Crippen molar-refractivity contribution in [3.8, 4) is 5.69 Å². The maximum atomic E-state index is 14.5. The van der Waals surface area contributed by atoms with Crippen LogP contribution < -0.4 is 0 Å². The van der Waals surface area contributed by atoms with Gasteiger partial charge < -0.3 is 0 Å². The Hall–Kier alpha value is -4.17. The monoisotopic (exact) mass is 641 g/mol. The van der Waals surface area contributed by atoms with Gasteiger partial charge in [-0.15, -0.1) is 5.10 Å². The van der Waals surface area contributed by atoms with Gasteiger partial charge in [-0.25, -0.2) is 17.6 Å². The predicted molar refractivity (Wildman–Crippen MR) is 160 cm³/mol. The number of alkyl halides is 3. The lowest BCUT2D eigenvalue weighted by Gasteiger charge is -2.48. The number of hydrogen-bond acceptors (Lipinski definition) is 6. The molecular formula is C31H31F4N7O2S. The van der Waals surface area contributed by atoms with Crippen molar-refractivity contribution in [3.05, 3.63) is 88.9 Å². The molecule has 236 valence electrons. The van der Waals surface area contributed by atoms with Crippen LogP contribution in [-0.2, 0) is 29.4 Å². The number of aromatic nitrogens is 6. The molecule has 2 aliphatic rings. The van der Waals surface area contributed by atoms with E-state index in [0.29, 0.717) is 29.8 Å². The highest BCUT2D eigenvalue weighted by Crippen LogP contribution is 2.51. The zero-order valence-corrected chi connectivity index (χ0v) is 25.6. The van der Waals surface area contributed by atoms with Crippen LogP contribution in [0.3, 0.4) is 0 Å². The molecule has 6 rings (SSSR count). The molecular weight excluding hydrogens is 610 g/mol. The second-order valence-electron chi connectivity index (χ2n) is 11.8. The average Bonchev–Trinajstić information content (AvgIpc) is 3.61. The summed E-state index contributed by atoms with van der Waals surface area (Å²) in [5.74, 6) is 3.11. The standard InChI is InChI=1S/C31H31F4N7O2S/c1-19(2)42(45(4,44)28-18-37-40(3)39-28)25-8-5-21-14-27-20(17-38-41(27)24-9-6-23(32)7-10-24)15-30(21,16-25)29(43)26-13-22(11-12-36-26)31(33,34)35/h6-7,9-14,17-19,25H,4-5,8,15-16H2,1-3H3/t25-,30-,45?/m0/s1. The van der Waals surface area contributed by atoms with Gasteiger partial charge in [-0.1, -0.05) is 5.57 Å². The van der Waals surface area contributed by atoms with Crippen molar-refractivity contribution >= 4 is 27.4 Å². The van der Waals surface area contributed by atoms with Gasteiger partial charge in [0.25, 0.3) is 0 Å². The Labute approximate surface area is 257 Å². The van der Waals surface area contributed by atoms with Crippen molar-refractivity contribution in [2.24, 2.45) is 12.5 Å². The number of benzene rings is 1. The molecule has 45 heavy (non-hydrogen) atoms. The van der Waals surface area contributed by atoms with Crippen LogP contribution in [0.2, 0.25) is 0 Å². The topological polar surface area (TPSA) is 98.8 Å². The van der Waals surface area contributed by atoms with Crippen LogP contribution in [0.4, 0.5) is 17.6 Å². The molecule has 1 saturated carbocycles. The molecule has 0 spiro atoms. The molecule has 1 aromatic carbocycles. The van der Waals surface area contributed by atoms with Crippen molar-refractivity contribution in [2.45, 2.75) is 62.8 Å². The van der Waals surface area contributed by atoms with E-state index in [2.05, 4.69) is 26.2 Å². The van der Waals surface area contributed by atoms with E-state index in [1.54, 1.807) is 34.4 Å². The average molecular weight is 642 g/mol. The summed E-state index contributed by atoms with van der Waals surface area (Å²) in [7, 11) is -1.55. The van der Waals surface area contributed by atoms with Crippen LogP contribution in [0, 0.1) is 11.2 Å². The number of Topliss-reactive ketones (excluding diaryl/α,β-unsaturated/α-hetero) is 1. The predicted octanol–water partition coefficient (Wildman–Crippen LogP) is 5.32. The number of fused-ring (bicyclic) bond motifs is 2. The van der Waals surface area contributed by atoms with Crippen molar-refractivity contribution in [1.82, 2.24) is 34.1 Å². The summed E-state index contributed by atoms with van der Waals surface area (Å²) in [6.45, 7) is 3.75. The summed E-state index contributed by atoms with van der Waals surface area (Å²) in [5, 5.41) is 13.0. The van der Waals surface area contributed by atoms with Crippen LogP contribution >= 0.6 is 0 Å². The zero-order valence-electron chi connectivity index (χ0n) is 24.8. The lowest BCUT2D eigenvalue weighted by molar-refractivity contribution is -0.137. The molecule has 14 heteroatoms. The molecule has 0 aliphatic heterocycles. The Morgan fingerprint density at radius 3 is 2.53 bits per heavy atom. The number of hydrogen-bond donors (Lipinski definition) is 0. The van der Waals surface area contributed by atoms with Gasteiger partial charge in [-0.3, -0.25) is 9.78 Å². The number of carbonyl (C=O) groups is 1. The van der Waals surface area contributed by atoms with E-state index < -0.39 is 44.5 Å². The first-order valence-corrected chi connectivity index (χ1v) is 16.0. The molecule has 0 bridgehead atoms. The zero-order chi connectivity index (χ0) is 32.3. The van der Waals surface area contributed by atoms with Crippen molar-refractivity contribution in [1.29, 1.82) is 0 Å². The third-order valence-corrected chi connectivity index (χ3v) is 10.8. The summed E-state index contributed by atoms with van der Waals surface area (Å²) in [6, 6.07) is 6.73. The minimum absolute atomic E-state index is 0.137. The molecule has 4 aromatic rings. The third-order valence-electron chi connectivity index (χ3n) is 8.58. The number of pyridine rings is 1. The molecule has 1 unspecified atom stereocenters. The van der Waals surface area contributed by atoms with E-state index in [4.69, 9.17) is 0 Å². The van der Waals surface area contributed by atoms with Crippen LogP contribution in [0.25, 0.3) is 11.8 Å². The lowest BCUT2D eigenvalue weighted by Crippen LogP contribution is -2.52. The number of allylic oxidation sites excluding steroid dienone is 1. The molecule has 1 fully saturated rings. The fourth-order valence-electron chi connectivity index (χ4n) is 6.65. The summed E-state index contributed by atoms with van der Waals surface area (Å²) in [5.41, 5.74) is 0.177. The smallest absolute Gasteiger partial charge is 0.291 e. The Morgan fingerprint density at radius 2 is 1.89 bits per heavy atom. The Kier molecular flexibility index (Phi) is 7.55. The number of halogens is 4. The molecule has 9 nitrogen and oxygen atoms in total. The van der Waals surface area contributed by atoms with Gasteiger partial charge in [0.15, 0.2) is 10.8 Å². The Bertz CT molecular complexity index is 1910. The molecule has 0 N–H and O–H groups in total. The Balaban J connectivity index is 1.47. The van der Waals surface area contributed by atoms with Crippen LogP contribution in [-0.4, -0.2) is 62.0 Å². The molecule has 2 aliphatic carbocycles. The Morgan fingerprint density at radius 1 is 1.16 bits per heavy atom. The van der Waals surface area contributed by atoms with Gasteiger partial charge in [0.1, 0.15) is 11.5 Å². The SMILES string of the molecule is C=S(=O)(c1cnn(C)n1)N(C(C)C)[C@H]1CCC2=Cc3c(cnn3-c3ccc(F)cc3)C[C@]2(C(=O)c2cc(C(F)(F)F)ccn2)C1. The summed E-state index contributed by atoms with van der Waals surface area (Å²) in [4.78, 5) is 19.9. The van der Waals surface area contributed by atoms with Gasteiger partial charge in [0.05, 0.1) is 44.5 Å². The van der Waals surface area contributed by atoms with Crippen molar-refractivity contribution in [2.75, 3.05) is 0 Å². The van der Waals surface area contributed by atoms with Crippen LogP contribution in [0.1, 0.15) is 60.4 Å². The first-order valence-electron chi connectivity index (χ1n) is 14.3. The molecule has 0 amide bonds. The van der Waals surface area contributed by atoms with Crippen LogP contribution in [0.15, 0.2) is 65.6 Å². The van der Waals surface area contributed by atoms with E-state index >= 15 is 0 Å². The second-order valence-corrected chi connectivity index (χ2v) is 13.9. The molecule has 0 saturated heterocycles. The highest BCUT2D eigenvalue weighted by atomic mass is 32.2. The number of rotatable bonds is 7. The fraction of sp³-hybridized carbons (Fsp3) is 0.355. The first kappa shape index (κ1) is 30.8. The maximum absolute atomic E-state index is 14.5. The first-order chi connectivity index (χ1) is 21.2. The minimum Gasteiger partial charge on any atom is -0.291 e. The summed E-state index contributed by atoms with van der Waals surface area (Å²) < 4.78 is 72.5. The highest BCUT2D eigenvalue weighted by molar-refractivity contribution is 7.98. The maximum Gasteiger partial charge on any atom is 0.416 e. The number of carbonyl (C=O) groups excluding carboxylic acids is 1. The molecule has 3 aromatic heterocycles. The number of aryl methyl sites for hydroxylation is 1. The highest BCUT2D eigenvalue weighted by Gasteiger charge is 2.52. The van der Waals surface area contributed by atoms with Gasteiger partial charge in [-0.05, 0) is 93.4 Å². The number of nitrogens with zero attached hydrogens (tertiary/aromatic N) is 7. The van der Waals surface area contributed by atoms with E-state index in [0.717, 1.165) is 23.9 Å². The fourth-order valence-corrected chi connectivity index (χ4v) is 8.67. The van der Waals surface area contributed by atoms with E-state index in [1.807, 2.05) is 19.9 Å². The van der Waals surface area contributed by atoms with Gasteiger partial charge in [0.2, 0.25) is 0 Å². The van der Waals surface area contributed by atoms with Gasteiger partial charge in [0, 0.05) is 25.3 Å². The van der Waals surface area contributed by atoms with E-state index in [1.165, 1.54) is 23.1 Å². The molecule has 3 atom stereocenters. The van der Waals surface area contributed by atoms with E-state index in [-0.39, 0.29) is 29.6 Å². The summed E-state index contributed by atoms with van der Waals surface area (Å²) in [6.07, 6.45) is 2.40. The van der Waals surface area contributed by atoms with Crippen molar-refractivity contribution < 1.29 is 26.6 Å². The minimum atomic E-state index is -4.66. The second kappa shape index (κ2) is 11.0. The quantitative estimate of drug-likeness (QED) is 0.154. The largest absolute Gasteiger partial charge is 0.416 e. The lowest BCUT2D eigenvalue weighted by atomic mass is 9.60. The van der Waals surface area contributed by atoms with Gasteiger partial charge >= 0.3 is 6.18 Å². The summed E-state index contributed by atoms with van der Waals surface area (Å²) >= 11 is 0. The molecule has 3 heterocycles. The van der Waals surface area contributed by atoms with Gasteiger partial charge in [-0.2, -0.15) is 28.2 Å².